The lowest BCUT2D eigenvalue weighted by Gasteiger charge is -2.13. The predicted molar refractivity (Wildman–Crippen MR) is 57.1 cm³/mol. The van der Waals surface area contributed by atoms with Crippen molar-refractivity contribution in [1.29, 1.82) is 5.26 Å². The number of nitrogens with zero attached hydrogens (tertiary/aromatic N) is 2. The van der Waals surface area contributed by atoms with E-state index in [9.17, 15) is 4.79 Å². The Bertz CT molecular complexity index is 492. The van der Waals surface area contributed by atoms with E-state index < -0.39 is 0 Å². The monoisotopic (exact) mass is 203 g/mol. The van der Waals surface area contributed by atoms with Gasteiger partial charge in [0.25, 0.3) is 5.56 Å². The molecule has 0 unspecified atom stereocenters. The molecule has 0 amide bonds. The minimum absolute atomic E-state index is 0.0803. The van der Waals surface area contributed by atoms with Crippen LogP contribution in [0.25, 0.3) is 0 Å². The lowest BCUT2D eigenvalue weighted by atomic mass is 10.1. The largest absolute Gasteiger partial charge is 0.397 e. The third-order valence-corrected chi connectivity index (χ3v) is 3.05. The Labute approximate surface area is 87.9 Å². The van der Waals surface area contributed by atoms with E-state index in [4.69, 9.17) is 11.0 Å². The zero-order valence-electron chi connectivity index (χ0n) is 8.66. The molecule has 1 aromatic heterocycles. The summed E-state index contributed by atoms with van der Waals surface area (Å²) in [6.45, 7) is 2.28. The summed E-state index contributed by atoms with van der Waals surface area (Å²) in [6, 6.07) is 5.34. The molecular weight excluding hydrogens is 190 g/mol. The van der Waals surface area contributed by atoms with Crippen molar-refractivity contribution in [2.45, 2.75) is 26.3 Å². The molecule has 0 atom stereocenters. The van der Waals surface area contributed by atoms with Crippen LogP contribution >= 0.6 is 0 Å². The first-order valence-electron chi connectivity index (χ1n) is 4.95. The van der Waals surface area contributed by atoms with E-state index in [2.05, 4.69) is 6.07 Å². The van der Waals surface area contributed by atoms with E-state index in [0.717, 1.165) is 18.5 Å². The van der Waals surface area contributed by atoms with Crippen LogP contribution in [0.3, 0.4) is 0 Å². The SMILES string of the molecule is Cc1c(N)ccc(=O)n1CC1(C#N)CC1. The van der Waals surface area contributed by atoms with Gasteiger partial charge in [-0.2, -0.15) is 5.26 Å². The molecule has 15 heavy (non-hydrogen) atoms. The highest BCUT2D eigenvalue weighted by molar-refractivity contribution is 5.41. The van der Waals surface area contributed by atoms with E-state index in [1.54, 1.807) is 10.6 Å². The van der Waals surface area contributed by atoms with Crippen molar-refractivity contribution >= 4 is 5.69 Å². The Morgan fingerprint density at radius 3 is 2.80 bits per heavy atom. The van der Waals surface area contributed by atoms with Crippen molar-refractivity contribution in [2.24, 2.45) is 5.41 Å². The molecule has 4 heteroatoms. The average molecular weight is 203 g/mol. The van der Waals surface area contributed by atoms with E-state index in [-0.39, 0.29) is 11.0 Å². The number of aromatic nitrogens is 1. The number of pyridine rings is 1. The lowest BCUT2D eigenvalue weighted by Crippen LogP contribution is -2.26. The molecule has 78 valence electrons. The number of hydrogen-bond donors (Lipinski definition) is 1. The van der Waals surface area contributed by atoms with Crippen LogP contribution in [-0.4, -0.2) is 4.57 Å². The van der Waals surface area contributed by atoms with Crippen molar-refractivity contribution in [1.82, 2.24) is 4.57 Å². The van der Waals surface area contributed by atoms with Gasteiger partial charge in [-0.1, -0.05) is 0 Å². The summed E-state index contributed by atoms with van der Waals surface area (Å²) < 4.78 is 1.60. The zero-order chi connectivity index (χ0) is 11.1. The van der Waals surface area contributed by atoms with Gasteiger partial charge in [-0.25, -0.2) is 0 Å². The van der Waals surface area contributed by atoms with Gasteiger partial charge in [-0.3, -0.25) is 4.79 Å². The molecule has 1 fully saturated rings. The summed E-state index contributed by atoms with van der Waals surface area (Å²) in [5.41, 5.74) is 6.68. The minimum atomic E-state index is -0.317. The fourth-order valence-electron chi connectivity index (χ4n) is 1.65. The molecule has 2 N–H and O–H groups in total. The second-order valence-electron chi connectivity index (χ2n) is 4.19. The Morgan fingerprint density at radius 1 is 1.60 bits per heavy atom. The molecule has 0 aliphatic heterocycles. The van der Waals surface area contributed by atoms with Crippen molar-refractivity contribution in [3.63, 3.8) is 0 Å². The first kappa shape index (κ1) is 9.78. The van der Waals surface area contributed by atoms with Crippen LogP contribution < -0.4 is 11.3 Å². The highest BCUT2D eigenvalue weighted by atomic mass is 16.1. The second kappa shape index (κ2) is 3.13. The Morgan fingerprint density at radius 2 is 2.27 bits per heavy atom. The van der Waals surface area contributed by atoms with Crippen molar-refractivity contribution in [3.05, 3.63) is 28.2 Å². The highest BCUT2D eigenvalue weighted by Crippen LogP contribution is 2.46. The molecule has 4 nitrogen and oxygen atoms in total. The smallest absolute Gasteiger partial charge is 0.250 e. The van der Waals surface area contributed by atoms with Gasteiger partial charge in [0.05, 0.1) is 17.2 Å². The van der Waals surface area contributed by atoms with Crippen LogP contribution in [0.4, 0.5) is 5.69 Å². The third-order valence-electron chi connectivity index (χ3n) is 3.05. The van der Waals surface area contributed by atoms with E-state index >= 15 is 0 Å². The van der Waals surface area contributed by atoms with Gasteiger partial charge >= 0.3 is 0 Å². The number of nitrogens with two attached hydrogens (primary N) is 1. The third kappa shape index (κ3) is 1.61. The molecule has 1 aromatic rings. The predicted octanol–water partition coefficient (Wildman–Crippen LogP) is 1.04. The van der Waals surface area contributed by atoms with Crippen LogP contribution in [0, 0.1) is 23.7 Å². The van der Waals surface area contributed by atoms with E-state index in [0.29, 0.717) is 12.2 Å². The molecule has 0 bridgehead atoms. The van der Waals surface area contributed by atoms with Gasteiger partial charge in [0.15, 0.2) is 0 Å². The number of hydrogen-bond acceptors (Lipinski definition) is 3. The fraction of sp³-hybridized carbons (Fsp3) is 0.455. The Balaban J connectivity index is 2.41. The van der Waals surface area contributed by atoms with Gasteiger partial charge < -0.3 is 10.3 Å². The minimum Gasteiger partial charge on any atom is -0.397 e. The fourth-order valence-corrected chi connectivity index (χ4v) is 1.65. The summed E-state index contributed by atoms with van der Waals surface area (Å²) in [4.78, 5) is 11.6. The van der Waals surface area contributed by atoms with Gasteiger partial charge in [0, 0.05) is 18.3 Å². The number of rotatable bonds is 2. The summed E-state index contributed by atoms with van der Waals surface area (Å²) in [5, 5.41) is 8.97. The molecule has 0 radical (unpaired) electrons. The maximum absolute atomic E-state index is 11.6. The summed E-state index contributed by atoms with van der Waals surface area (Å²) in [7, 11) is 0. The normalized spacial score (nSPS) is 17.1. The van der Waals surface area contributed by atoms with Crippen LogP contribution in [-0.2, 0) is 6.54 Å². The highest BCUT2D eigenvalue weighted by Gasteiger charge is 2.43. The van der Waals surface area contributed by atoms with Gasteiger partial charge in [0.2, 0.25) is 0 Å². The Hall–Kier alpha value is -1.76. The molecule has 0 saturated heterocycles. The summed E-state index contributed by atoms with van der Waals surface area (Å²) in [6.07, 6.45) is 1.76. The Kier molecular flexibility index (Phi) is 2.04. The maximum Gasteiger partial charge on any atom is 0.250 e. The van der Waals surface area contributed by atoms with Gasteiger partial charge in [0.1, 0.15) is 0 Å². The van der Waals surface area contributed by atoms with Crippen LogP contribution in [0.1, 0.15) is 18.5 Å². The molecule has 0 aromatic carbocycles. The van der Waals surface area contributed by atoms with E-state index in [1.165, 1.54) is 6.07 Å². The molecule has 1 aliphatic carbocycles. The standard InChI is InChI=1S/C11H13N3O/c1-8-9(13)2-3-10(15)14(8)7-11(6-12)4-5-11/h2-3H,4-5,7,13H2,1H3. The summed E-state index contributed by atoms with van der Waals surface area (Å²) >= 11 is 0. The number of nitrogen functional groups attached to an aromatic ring is 1. The molecule has 0 spiro atoms. The zero-order valence-corrected chi connectivity index (χ0v) is 8.66. The second-order valence-corrected chi connectivity index (χ2v) is 4.19. The quantitative estimate of drug-likeness (QED) is 0.780. The first-order chi connectivity index (χ1) is 7.08. The van der Waals surface area contributed by atoms with E-state index in [1.807, 2.05) is 6.92 Å². The first-order valence-corrected chi connectivity index (χ1v) is 4.95. The van der Waals surface area contributed by atoms with Crippen LogP contribution in [0.15, 0.2) is 16.9 Å². The maximum atomic E-state index is 11.6. The average Bonchev–Trinajstić information content (AvgIpc) is 3.00. The molecular formula is C11H13N3O. The van der Waals surface area contributed by atoms with Crippen LogP contribution in [0.5, 0.6) is 0 Å². The molecule has 2 rings (SSSR count). The lowest BCUT2D eigenvalue weighted by molar-refractivity contribution is 0.507. The van der Waals surface area contributed by atoms with Gasteiger partial charge in [-0.05, 0) is 25.8 Å². The van der Waals surface area contributed by atoms with Crippen molar-refractivity contribution in [3.8, 4) is 6.07 Å². The van der Waals surface area contributed by atoms with Crippen molar-refractivity contribution < 1.29 is 0 Å². The number of nitriles is 1. The molecule has 1 heterocycles. The molecule has 1 aliphatic rings. The van der Waals surface area contributed by atoms with Gasteiger partial charge in [-0.15, -0.1) is 0 Å². The van der Waals surface area contributed by atoms with Crippen molar-refractivity contribution in [2.75, 3.05) is 5.73 Å². The number of anilines is 1. The topological polar surface area (TPSA) is 71.8 Å². The van der Waals surface area contributed by atoms with Crippen LogP contribution in [0.2, 0.25) is 0 Å². The summed E-state index contributed by atoms with van der Waals surface area (Å²) in [5.74, 6) is 0. The molecule has 1 saturated carbocycles.